The first-order valence-electron chi connectivity index (χ1n) is 5.34. The molecule has 4 heteroatoms. The molecule has 0 saturated carbocycles. The van der Waals surface area contributed by atoms with Gasteiger partial charge in [-0.1, -0.05) is 30.3 Å². The smallest absolute Gasteiger partial charge is 0.414 e. The molecule has 0 saturated heterocycles. The van der Waals surface area contributed by atoms with E-state index in [-0.39, 0.29) is 18.2 Å². The minimum Gasteiger partial charge on any atom is -0.452 e. The molecule has 0 N–H and O–H groups in total. The summed E-state index contributed by atoms with van der Waals surface area (Å²) < 4.78 is 4.70. The van der Waals surface area contributed by atoms with Gasteiger partial charge in [-0.2, -0.15) is 0 Å². The number of nitrogens with zero attached hydrogens (tertiary/aromatic N) is 1. The van der Waals surface area contributed by atoms with Gasteiger partial charge in [-0.25, -0.2) is 4.79 Å². The number of allylic oxidation sites excluding steroid dienone is 1. The third-order valence-corrected chi connectivity index (χ3v) is 2.72. The maximum atomic E-state index is 11.6. The van der Waals surface area contributed by atoms with Crippen LogP contribution in [0.2, 0.25) is 0 Å². The summed E-state index contributed by atoms with van der Waals surface area (Å²) in [6, 6.07) is 9.18. The maximum Gasteiger partial charge on any atom is 0.414 e. The molecule has 4 nitrogen and oxygen atoms in total. The van der Waals surface area contributed by atoms with Gasteiger partial charge in [-0.3, -0.25) is 9.69 Å². The summed E-state index contributed by atoms with van der Waals surface area (Å²) in [5, 5.41) is 0. The lowest BCUT2D eigenvalue weighted by molar-refractivity contribution is -0.116. The van der Waals surface area contributed by atoms with Crippen LogP contribution in [0.4, 0.5) is 4.79 Å². The Morgan fingerprint density at radius 2 is 2.06 bits per heavy atom. The molecule has 0 aliphatic carbocycles. The van der Waals surface area contributed by atoms with Crippen molar-refractivity contribution in [3.8, 4) is 0 Å². The number of carbonyl (C=O) groups is 2. The first-order chi connectivity index (χ1) is 8.22. The van der Waals surface area contributed by atoms with E-state index in [0.29, 0.717) is 0 Å². The van der Waals surface area contributed by atoms with E-state index in [0.717, 1.165) is 5.56 Å². The van der Waals surface area contributed by atoms with E-state index in [2.05, 4.69) is 0 Å². The Hall–Kier alpha value is -2.10. The third-order valence-electron chi connectivity index (χ3n) is 2.72. The average molecular weight is 231 g/mol. The van der Waals surface area contributed by atoms with Gasteiger partial charge in [-0.15, -0.1) is 0 Å². The van der Waals surface area contributed by atoms with Crippen LogP contribution in [0.3, 0.4) is 0 Å². The fourth-order valence-corrected chi connectivity index (χ4v) is 1.87. The molecule has 0 fully saturated rings. The summed E-state index contributed by atoms with van der Waals surface area (Å²) in [5.74, 6) is 0.0130. The first-order valence-corrected chi connectivity index (χ1v) is 5.34. The first kappa shape index (κ1) is 11.4. The number of amides is 1. The molecule has 88 valence electrons. The molecule has 0 aromatic heterocycles. The van der Waals surface area contributed by atoms with Crippen LogP contribution in [0, 0.1) is 0 Å². The van der Waals surface area contributed by atoms with Gasteiger partial charge in [0.05, 0.1) is 13.2 Å². The lowest BCUT2D eigenvalue weighted by Crippen LogP contribution is -2.34. The molecule has 17 heavy (non-hydrogen) atoms. The fourth-order valence-electron chi connectivity index (χ4n) is 1.87. The topological polar surface area (TPSA) is 46.6 Å². The summed E-state index contributed by atoms with van der Waals surface area (Å²) in [4.78, 5) is 24.5. The van der Waals surface area contributed by atoms with Gasteiger partial charge in [0.2, 0.25) is 0 Å². The Bertz CT molecular complexity index is 453. The summed E-state index contributed by atoms with van der Waals surface area (Å²) in [7, 11) is 1.33. The van der Waals surface area contributed by atoms with Gasteiger partial charge in [0, 0.05) is 12.6 Å². The number of hydrogen-bond acceptors (Lipinski definition) is 3. The Labute approximate surface area is 99.5 Å². The van der Waals surface area contributed by atoms with Crippen molar-refractivity contribution >= 4 is 11.9 Å². The third kappa shape index (κ3) is 2.36. The molecule has 0 radical (unpaired) electrons. The number of rotatable bonds is 1. The molecule has 1 atom stereocenters. The number of carbonyl (C=O) groups excluding carboxylic acids is 2. The van der Waals surface area contributed by atoms with E-state index < -0.39 is 6.09 Å². The van der Waals surface area contributed by atoms with Crippen LogP contribution in [0.15, 0.2) is 42.6 Å². The lowest BCUT2D eigenvalue weighted by atomic mass is 9.98. The van der Waals surface area contributed by atoms with Gasteiger partial charge < -0.3 is 4.74 Å². The highest BCUT2D eigenvalue weighted by Crippen LogP contribution is 2.28. The summed E-state index contributed by atoms with van der Waals surface area (Å²) in [5.41, 5.74) is 0.926. The van der Waals surface area contributed by atoms with Crippen LogP contribution >= 0.6 is 0 Å². The molecule has 1 heterocycles. The highest BCUT2D eigenvalue weighted by Gasteiger charge is 2.28. The van der Waals surface area contributed by atoms with Gasteiger partial charge >= 0.3 is 6.09 Å². The zero-order valence-corrected chi connectivity index (χ0v) is 9.50. The minimum atomic E-state index is -0.456. The molecule has 2 rings (SSSR count). The second-order valence-electron chi connectivity index (χ2n) is 3.79. The minimum absolute atomic E-state index is 0.0130. The molecule has 1 aromatic rings. The van der Waals surface area contributed by atoms with Crippen molar-refractivity contribution in [3.63, 3.8) is 0 Å². The van der Waals surface area contributed by atoms with Gasteiger partial charge in [0.1, 0.15) is 0 Å². The van der Waals surface area contributed by atoms with E-state index in [9.17, 15) is 9.59 Å². The van der Waals surface area contributed by atoms with Crippen molar-refractivity contribution in [1.29, 1.82) is 0 Å². The summed E-state index contributed by atoms with van der Waals surface area (Å²) in [6.07, 6.45) is 2.71. The Balaban J connectivity index is 2.33. The van der Waals surface area contributed by atoms with Crippen molar-refractivity contribution in [2.24, 2.45) is 0 Å². The van der Waals surface area contributed by atoms with Gasteiger partial charge in [0.15, 0.2) is 5.78 Å². The SMILES string of the molecule is COC(=O)N1C=CC(=O)C[C@@H]1c1ccccc1. The second kappa shape index (κ2) is 4.82. The Kier molecular flexibility index (Phi) is 3.23. The zero-order chi connectivity index (χ0) is 12.3. The van der Waals surface area contributed by atoms with Crippen LogP contribution < -0.4 is 0 Å². The van der Waals surface area contributed by atoms with Crippen LogP contribution in [0.1, 0.15) is 18.0 Å². The van der Waals surface area contributed by atoms with Crippen LogP contribution in [-0.4, -0.2) is 23.9 Å². The normalized spacial score (nSPS) is 19.2. The largest absolute Gasteiger partial charge is 0.452 e. The number of hydrogen-bond donors (Lipinski definition) is 0. The molecule has 0 spiro atoms. The van der Waals surface area contributed by atoms with Crippen LogP contribution in [0.25, 0.3) is 0 Å². The Morgan fingerprint density at radius 3 is 2.71 bits per heavy atom. The van der Waals surface area contributed by atoms with E-state index in [1.54, 1.807) is 0 Å². The number of methoxy groups -OCH3 is 1. The Morgan fingerprint density at radius 1 is 1.35 bits per heavy atom. The van der Waals surface area contributed by atoms with E-state index in [1.807, 2.05) is 30.3 Å². The quantitative estimate of drug-likeness (QED) is 0.745. The molecular formula is C13H13NO3. The molecule has 1 aliphatic heterocycles. The predicted octanol–water partition coefficient (Wildman–Crippen LogP) is 2.28. The molecule has 1 aliphatic rings. The molecule has 1 aromatic carbocycles. The van der Waals surface area contributed by atoms with E-state index in [1.165, 1.54) is 24.3 Å². The predicted molar refractivity (Wildman–Crippen MR) is 62.2 cm³/mol. The average Bonchev–Trinajstić information content (AvgIpc) is 2.39. The van der Waals surface area contributed by atoms with E-state index >= 15 is 0 Å². The second-order valence-corrected chi connectivity index (χ2v) is 3.79. The van der Waals surface area contributed by atoms with Gasteiger partial charge in [-0.05, 0) is 11.6 Å². The van der Waals surface area contributed by atoms with Crippen LogP contribution in [-0.2, 0) is 9.53 Å². The van der Waals surface area contributed by atoms with Crippen molar-refractivity contribution in [1.82, 2.24) is 4.90 Å². The standard InChI is InChI=1S/C13H13NO3/c1-17-13(16)14-8-7-11(15)9-12(14)10-5-3-2-4-6-10/h2-8,12H,9H2,1H3/t12-/m1/s1. The number of benzene rings is 1. The van der Waals surface area contributed by atoms with Crippen LogP contribution in [0.5, 0.6) is 0 Å². The van der Waals surface area contributed by atoms with E-state index in [4.69, 9.17) is 4.74 Å². The highest BCUT2D eigenvalue weighted by molar-refractivity contribution is 5.92. The summed E-state index contributed by atoms with van der Waals surface area (Å²) in [6.45, 7) is 0. The van der Waals surface area contributed by atoms with Crippen molar-refractivity contribution in [2.75, 3.05) is 7.11 Å². The summed E-state index contributed by atoms with van der Waals surface area (Å²) >= 11 is 0. The maximum absolute atomic E-state index is 11.6. The highest BCUT2D eigenvalue weighted by atomic mass is 16.5. The number of ketones is 1. The van der Waals surface area contributed by atoms with Crippen molar-refractivity contribution < 1.29 is 14.3 Å². The van der Waals surface area contributed by atoms with Crippen molar-refractivity contribution in [3.05, 3.63) is 48.2 Å². The van der Waals surface area contributed by atoms with Gasteiger partial charge in [0.25, 0.3) is 0 Å². The number of ether oxygens (including phenoxy) is 1. The molecule has 1 amide bonds. The molecular weight excluding hydrogens is 218 g/mol. The lowest BCUT2D eigenvalue weighted by Gasteiger charge is -2.29. The molecule has 0 bridgehead atoms. The fraction of sp³-hybridized carbons (Fsp3) is 0.231. The molecule has 0 unspecified atom stereocenters. The monoisotopic (exact) mass is 231 g/mol. The zero-order valence-electron chi connectivity index (χ0n) is 9.50. The van der Waals surface area contributed by atoms with Crippen molar-refractivity contribution in [2.45, 2.75) is 12.5 Å².